The highest BCUT2D eigenvalue weighted by molar-refractivity contribution is 7.92. The van der Waals surface area contributed by atoms with E-state index in [4.69, 9.17) is 11.6 Å². The molecule has 1 aliphatic heterocycles. The van der Waals surface area contributed by atoms with Gasteiger partial charge >= 0.3 is 0 Å². The van der Waals surface area contributed by atoms with Crippen LogP contribution in [0.4, 0.5) is 11.4 Å². The summed E-state index contributed by atoms with van der Waals surface area (Å²) in [5, 5.41) is 0.672. The van der Waals surface area contributed by atoms with Crippen LogP contribution in [0.3, 0.4) is 0 Å². The molecule has 0 N–H and O–H groups in total. The molecule has 4 rings (SSSR count). The van der Waals surface area contributed by atoms with Crippen molar-refractivity contribution in [3.8, 4) is 0 Å². The Morgan fingerprint density at radius 2 is 1.58 bits per heavy atom. The molecule has 0 bridgehead atoms. The molecular formula is C25H26ClN3O3S. The molecular weight excluding hydrogens is 458 g/mol. The number of benzene rings is 3. The molecule has 0 unspecified atom stereocenters. The Morgan fingerprint density at radius 1 is 0.909 bits per heavy atom. The number of anilines is 2. The minimum Gasteiger partial charge on any atom is -0.368 e. The fourth-order valence-corrected chi connectivity index (χ4v) is 5.48. The van der Waals surface area contributed by atoms with Crippen LogP contribution in [0.1, 0.15) is 5.56 Å². The van der Waals surface area contributed by atoms with Gasteiger partial charge in [-0.3, -0.25) is 9.10 Å². The van der Waals surface area contributed by atoms with E-state index in [2.05, 4.69) is 4.90 Å². The number of amides is 1. The zero-order valence-corrected chi connectivity index (χ0v) is 20.0. The molecule has 1 fully saturated rings. The zero-order chi connectivity index (χ0) is 23.4. The number of halogens is 1. The van der Waals surface area contributed by atoms with Crippen molar-refractivity contribution in [3.63, 3.8) is 0 Å². The highest BCUT2D eigenvalue weighted by Crippen LogP contribution is 2.25. The average Bonchev–Trinajstić information content (AvgIpc) is 2.83. The van der Waals surface area contributed by atoms with Gasteiger partial charge < -0.3 is 9.80 Å². The fourth-order valence-electron chi connectivity index (χ4n) is 3.86. The number of carbonyl (C=O) groups is 1. The molecule has 0 spiro atoms. The van der Waals surface area contributed by atoms with Gasteiger partial charge in [0.1, 0.15) is 6.54 Å². The first-order chi connectivity index (χ1) is 15.8. The standard InChI is InChI=1S/C25H26ClN3O3S/c1-20-10-12-22(13-11-20)29(33(31,32)24-8-3-2-4-9-24)19-25(30)28-16-14-27(15-17-28)23-7-5-6-21(26)18-23/h2-13,18H,14-17,19H2,1H3. The van der Waals surface area contributed by atoms with Crippen LogP contribution in [0.25, 0.3) is 0 Å². The third kappa shape index (κ3) is 5.31. The summed E-state index contributed by atoms with van der Waals surface area (Å²) in [5.74, 6) is -0.221. The van der Waals surface area contributed by atoms with Crippen molar-refractivity contribution >= 4 is 38.9 Å². The summed E-state index contributed by atoms with van der Waals surface area (Å²) in [6.07, 6.45) is 0. The van der Waals surface area contributed by atoms with E-state index in [-0.39, 0.29) is 17.3 Å². The Hall–Kier alpha value is -3.03. The van der Waals surface area contributed by atoms with E-state index in [1.54, 1.807) is 47.4 Å². The number of hydrogen-bond acceptors (Lipinski definition) is 4. The Bertz CT molecular complexity index is 1210. The SMILES string of the molecule is Cc1ccc(N(CC(=O)N2CCN(c3cccc(Cl)c3)CC2)S(=O)(=O)c2ccccc2)cc1. The number of piperazine rings is 1. The van der Waals surface area contributed by atoms with Crippen LogP contribution in [-0.4, -0.2) is 51.9 Å². The molecule has 0 aromatic heterocycles. The van der Waals surface area contributed by atoms with Crippen molar-refractivity contribution in [2.24, 2.45) is 0 Å². The second-order valence-electron chi connectivity index (χ2n) is 8.01. The lowest BCUT2D eigenvalue weighted by Gasteiger charge is -2.37. The smallest absolute Gasteiger partial charge is 0.264 e. The molecule has 6 nitrogen and oxygen atoms in total. The van der Waals surface area contributed by atoms with Gasteiger partial charge in [0.15, 0.2) is 0 Å². The van der Waals surface area contributed by atoms with Gasteiger partial charge in [-0.15, -0.1) is 0 Å². The fraction of sp³-hybridized carbons (Fsp3) is 0.240. The van der Waals surface area contributed by atoms with E-state index in [0.29, 0.717) is 36.9 Å². The first-order valence-corrected chi connectivity index (χ1v) is 12.6. The minimum absolute atomic E-state index is 0.157. The molecule has 33 heavy (non-hydrogen) atoms. The predicted octanol–water partition coefficient (Wildman–Crippen LogP) is 4.19. The Kier molecular flexibility index (Phi) is 6.91. The minimum atomic E-state index is -3.90. The quantitative estimate of drug-likeness (QED) is 0.527. The number of rotatable bonds is 6. The van der Waals surface area contributed by atoms with Crippen LogP contribution in [0.2, 0.25) is 5.02 Å². The van der Waals surface area contributed by atoms with E-state index >= 15 is 0 Å². The number of hydrogen-bond donors (Lipinski definition) is 0. The molecule has 8 heteroatoms. The Balaban J connectivity index is 1.52. The van der Waals surface area contributed by atoms with Crippen LogP contribution in [-0.2, 0) is 14.8 Å². The summed E-state index contributed by atoms with van der Waals surface area (Å²) in [5.41, 5.74) is 2.50. The molecule has 1 saturated heterocycles. The van der Waals surface area contributed by atoms with Crippen LogP contribution < -0.4 is 9.21 Å². The number of carbonyl (C=O) groups excluding carboxylic acids is 1. The largest absolute Gasteiger partial charge is 0.368 e. The van der Waals surface area contributed by atoms with Crippen molar-refractivity contribution in [1.82, 2.24) is 4.90 Å². The van der Waals surface area contributed by atoms with Crippen LogP contribution in [0.15, 0.2) is 83.8 Å². The van der Waals surface area contributed by atoms with E-state index in [1.807, 2.05) is 43.3 Å². The number of sulfonamides is 1. The molecule has 3 aromatic rings. The molecule has 0 atom stereocenters. The molecule has 1 amide bonds. The number of aryl methyl sites for hydroxylation is 1. The van der Waals surface area contributed by atoms with E-state index in [0.717, 1.165) is 11.3 Å². The summed E-state index contributed by atoms with van der Waals surface area (Å²) in [6, 6.07) is 23.0. The number of nitrogens with zero attached hydrogens (tertiary/aromatic N) is 3. The summed E-state index contributed by atoms with van der Waals surface area (Å²) in [7, 11) is -3.90. The van der Waals surface area contributed by atoms with Crippen molar-refractivity contribution in [3.05, 3.63) is 89.4 Å². The van der Waals surface area contributed by atoms with Gasteiger partial charge in [0, 0.05) is 36.9 Å². The summed E-state index contributed by atoms with van der Waals surface area (Å²) >= 11 is 6.11. The molecule has 0 aliphatic carbocycles. The topological polar surface area (TPSA) is 60.9 Å². The Labute approximate surface area is 200 Å². The molecule has 0 radical (unpaired) electrons. The van der Waals surface area contributed by atoms with Crippen LogP contribution in [0.5, 0.6) is 0 Å². The predicted molar refractivity (Wildman–Crippen MR) is 132 cm³/mol. The summed E-state index contributed by atoms with van der Waals surface area (Å²) in [4.78, 5) is 17.3. The van der Waals surface area contributed by atoms with Crippen molar-refractivity contribution < 1.29 is 13.2 Å². The summed E-state index contributed by atoms with van der Waals surface area (Å²) < 4.78 is 28.1. The monoisotopic (exact) mass is 483 g/mol. The highest BCUT2D eigenvalue weighted by atomic mass is 35.5. The maximum Gasteiger partial charge on any atom is 0.264 e. The first-order valence-electron chi connectivity index (χ1n) is 10.8. The van der Waals surface area contributed by atoms with Crippen LogP contribution in [0, 0.1) is 6.92 Å². The lowest BCUT2D eigenvalue weighted by atomic mass is 10.2. The van der Waals surface area contributed by atoms with Gasteiger partial charge in [0.05, 0.1) is 10.6 Å². The Morgan fingerprint density at radius 3 is 2.21 bits per heavy atom. The van der Waals surface area contributed by atoms with Gasteiger partial charge in [-0.05, 0) is 49.4 Å². The van der Waals surface area contributed by atoms with Gasteiger partial charge in [-0.25, -0.2) is 8.42 Å². The van der Waals surface area contributed by atoms with Gasteiger partial charge in [-0.1, -0.05) is 53.6 Å². The second kappa shape index (κ2) is 9.85. The molecule has 0 saturated carbocycles. The van der Waals surface area contributed by atoms with Crippen molar-refractivity contribution in [1.29, 1.82) is 0 Å². The first kappa shape index (κ1) is 23.1. The molecule has 1 aliphatic rings. The average molecular weight is 484 g/mol. The summed E-state index contributed by atoms with van der Waals surface area (Å²) in [6.45, 7) is 4.02. The molecule has 3 aromatic carbocycles. The second-order valence-corrected chi connectivity index (χ2v) is 10.3. The lowest BCUT2D eigenvalue weighted by molar-refractivity contribution is -0.129. The van der Waals surface area contributed by atoms with Gasteiger partial charge in [-0.2, -0.15) is 0 Å². The van der Waals surface area contributed by atoms with Crippen LogP contribution >= 0.6 is 11.6 Å². The van der Waals surface area contributed by atoms with E-state index < -0.39 is 10.0 Å². The van der Waals surface area contributed by atoms with Gasteiger partial charge in [0.2, 0.25) is 5.91 Å². The van der Waals surface area contributed by atoms with Crippen molar-refractivity contribution in [2.45, 2.75) is 11.8 Å². The van der Waals surface area contributed by atoms with Crippen molar-refractivity contribution in [2.75, 3.05) is 41.9 Å². The maximum absolute atomic E-state index is 13.4. The third-order valence-corrected chi connectivity index (χ3v) is 7.76. The van der Waals surface area contributed by atoms with E-state index in [1.165, 1.54) is 4.31 Å². The highest BCUT2D eigenvalue weighted by Gasteiger charge is 2.30. The molecule has 172 valence electrons. The third-order valence-electron chi connectivity index (χ3n) is 5.74. The maximum atomic E-state index is 13.4. The molecule has 1 heterocycles. The van der Waals surface area contributed by atoms with Gasteiger partial charge in [0.25, 0.3) is 10.0 Å². The zero-order valence-electron chi connectivity index (χ0n) is 18.4. The normalized spacial score (nSPS) is 14.2. The lowest BCUT2D eigenvalue weighted by Crippen LogP contribution is -2.52. The van der Waals surface area contributed by atoms with E-state index in [9.17, 15) is 13.2 Å².